The van der Waals surface area contributed by atoms with E-state index in [4.69, 9.17) is 4.74 Å². The highest BCUT2D eigenvalue weighted by atomic mass is 16.5. The zero-order valence-corrected chi connectivity index (χ0v) is 10.6. The van der Waals surface area contributed by atoms with E-state index in [9.17, 15) is 0 Å². The zero-order chi connectivity index (χ0) is 11.9. The minimum atomic E-state index is 0.296. The number of hydrogen-bond acceptors (Lipinski definition) is 2. The molecule has 1 N–H and O–H groups in total. The normalized spacial score (nSPS) is 11.7. The highest BCUT2D eigenvalue weighted by Gasteiger charge is 2.16. The Kier molecular flexibility index (Phi) is 5.50. The Morgan fingerprint density at radius 2 is 1.88 bits per heavy atom. The van der Waals surface area contributed by atoms with Crippen molar-refractivity contribution in [3.8, 4) is 0 Å². The van der Waals surface area contributed by atoms with Crippen LogP contribution in [-0.4, -0.2) is 20.3 Å². The first kappa shape index (κ1) is 13.2. The summed E-state index contributed by atoms with van der Waals surface area (Å²) in [6.45, 7) is 7.33. The van der Waals surface area contributed by atoms with Crippen LogP contribution in [0.1, 0.15) is 25.8 Å². The Labute approximate surface area is 99.0 Å². The smallest absolute Gasteiger partial charge is 0.0467 e. The highest BCUT2D eigenvalue weighted by Crippen LogP contribution is 2.18. The van der Waals surface area contributed by atoms with Crippen LogP contribution in [0.5, 0.6) is 0 Å². The molecule has 90 valence electrons. The number of benzene rings is 1. The van der Waals surface area contributed by atoms with Gasteiger partial charge < -0.3 is 10.1 Å². The molecule has 1 rings (SSSR count). The van der Waals surface area contributed by atoms with Crippen molar-refractivity contribution in [2.75, 3.05) is 20.3 Å². The van der Waals surface area contributed by atoms with E-state index in [0.29, 0.717) is 5.41 Å². The van der Waals surface area contributed by atoms with Gasteiger partial charge in [-0.25, -0.2) is 0 Å². The summed E-state index contributed by atoms with van der Waals surface area (Å²) in [6, 6.07) is 10.5. The Balaban J connectivity index is 2.24. The van der Waals surface area contributed by atoms with Crippen LogP contribution in [0.15, 0.2) is 30.3 Å². The molecule has 0 aliphatic heterocycles. The number of hydrogen-bond donors (Lipinski definition) is 1. The van der Waals surface area contributed by atoms with Crippen LogP contribution in [-0.2, 0) is 11.3 Å². The van der Waals surface area contributed by atoms with Crippen LogP contribution < -0.4 is 5.32 Å². The van der Waals surface area contributed by atoms with Crippen molar-refractivity contribution >= 4 is 0 Å². The fraction of sp³-hybridized carbons (Fsp3) is 0.571. The first-order chi connectivity index (χ1) is 7.64. The molecule has 0 amide bonds. The molecule has 0 aliphatic carbocycles. The summed E-state index contributed by atoms with van der Waals surface area (Å²) in [5.41, 5.74) is 1.63. The van der Waals surface area contributed by atoms with Crippen molar-refractivity contribution in [3.05, 3.63) is 35.9 Å². The van der Waals surface area contributed by atoms with Gasteiger partial charge in [0.1, 0.15) is 0 Å². The summed E-state index contributed by atoms with van der Waals surface area (Å²) in [6.07, 6.45) is 1.09. The Bertz CT molecular complexity index is 282. The highest BCUT2D eigenvalue weighted by molar-refractivity contribution is 5.14. The van der Waals surface area contributed by atoms with E-state index < -0.39 is 0 Å². The summed E-state index contributed by atoms with van der Waals surface area (Å²) in [5, 5.41) is 3.50. The summed E-state index contributed by atoms with van der Waals surface area (Å²) in [7, 11) is 1.76. The van der Waals surface area contributed by atoms with E-state index in [-0.39, 0.29) is 0 Å². The topological polar surface area (TPSA) is 21.3 Å². The van der Waals surface area contributed by atoms with Gasteiger partial charge in [-0.05, 0) is 17.4 Å². The first-order valence-electron chi connectivity index (χ1n) is 5.88. The number of rotatable bonds is 7. The Hall–Kier alpha value is -0.860. The molecule has 0 bridgehead atoms. The lowest BCUT2D eigenvalue weighted by molar-refractivity contribution is 0.150. The average Bonchev–Trinajstić information content (AvgIpc) is 2.28. The minimum absolute atomic E-state index is 0.296. The number of methoxy groups -OCH3 is 1. The molecule has 2 heteroatoms. The predicted molar refractivity (Wildman–Crippen MR) is 68.4 cm³/mol. The number of nitrogens with one attached hydrogen (secondary N) is 1. The van der Waals surface area contributed by atoms with Gasteiger partial charge in [-0.15, -0.1) is 0 Å². The second kappa shape index (κ2) is 6.66. The molecule has 0 radical (unpaired) electrons. The van der Waals surface area contributed by atoms with E-state index in [1.165, 1.54) is 5.56 Å². The monoisotopic (exact) mass is 221 g/mol. The van der Waals surface area contributed by atoms with Crippen molar-refractivity contribution in [1.29, 1.82) is 0 Å². The molecule has 0 heterocycles. The molecule has 0 saturated carbocycles. The molecule has 0 fully saturated rings. The molecule has 0 aliphatic rings. The lowest BCUT2D eigenvalue weighted by Crippen LogP contribution is -2.30. The van der Waals surface area contributed by atoms with Crippen molar-refractivity contribution < 1.29 is 4.74 Å². The first-order valence-corrected chi connectivity index (χ1v) is 5.88. The summed E-state index contributed by atoms with van der Waals surface area (Å²) < 4.78 is 5.11. The average molecular weight is 221 g/mol. The van der Waals surface area contributed by atoms with Crippen molar-refractivity contribution in [2.45, 2.75) is 26.8 Å². The van der Waals surface area contributed by atoms with Crippen LogP contribution >= 0.6 is 0 Å². The third kappa shape index (κ3) is 5.29. The summed E-state index contributed by atoms with van der Waals surface area (Å²) in [4.78, 5) is 0. The quantitative estimate of drug-likeness (QED) is 0.764. The molecule has 0 saturated heterocycles. The molecule has 1 aromatic rings. The van der Waals surface area contributed by atoms with Crippen LogP contribution in [0, 0.1) is 5.41 Å². The van der Waals surface area contributed by atoms with Gasteiger partial charge in [0, 0.05) is 26.8 Å². The van der Waals surface area contributed by atoms with Crippen LogP contribution in [0.2, 0.25) is 0 Å². The second-order valence-corrected chi connectivity index (χ2v) is 5.00. The number of ether oxygens (including phenoxy) is 1. The summed E-state index contributed by atoms with van der Waals surface area (Å²) >= 11 is 0. The zero-order valence-electron chi connectivity index (χ0n) is 10.6. The Morgan fingerprint density at radius 1 is 1.19 bits per heavy atom. The minimum Gasteiger partial charge on any atom is -0.385 e. The maximum absolute atomic E-state index is 5.11. The molecule has 2 nitrogen and oxygen atoms in total. The van der Waals surface area contributed by atoms with Gasteiger partial charge >= 0.3 is 0 Å². The van der Waals surface area contributed by atoms with Gasteiger partial charge in [-0.3, -0.25) is 0 Å². The molecule has 0 unspecified atom stereocenters. The van der Waals surface area contributed by atoms with Gasteiger partial charge in [0.2, 0.25) is 0 Å². The van der Waals surface area contributed by atoms with Gasteiger partial charge in [-0.2, -0.15) is 0 Å². The molecular weight excluding hydrogens is 198 g/mol. The van der Waals surface area contributed by atoms with Gasteiger partial charge in [0.15, 0.2) is 0 Å². The lowest BCUT2D eigenvalue weighted by Gasteiger charge is -2.24. The lowest BCUT2D eigenvalue weighted by atomic mass is 9.89. The standard InChI is InChI=1S/C14H23NO/c1-14(2,9-10-16-3)12-15-11-13-7-5-4-6-8-13/h4-8,15H,9-12H2,1-3H3. The second-order valence-electron chi connectivity index (χ2n) is 5.00. The fourth-order valence-electron chi connectivity index (χ4n) is 1.61. The van der Waals surface area contributed by atoms with Gasteiger partial charge in [0.05, 0.1) is 0 Å². The largest absolute Gasteiger partial charge is 0.385 e. The van der Waals surface area contributed by atoms with E-state index in [2.05, 4.69) is 43.4 Å². The third-order valence-electron chi connectivity index (χ3n) is 2.76. The van der Waals surface area contributed by atoms with Crippen molar-refractivity contribution in [1.82, 2.24) is 5.32 Å². The molecule has 1 aromatic carbocycles. The molecular formula is C14H23NO. The maximum Gasteiger partial charge on any atom is 0.0467 e. The van der Waals surface area contributed by atoms with Crippen molar-refractivity contribution in [3.63, 3.8) is 0 Å². The summed E-state index contributed by atoms with van der Waals surface area (Å²) in [5.74, 6) is 0. The maximum atomic E-state index is 5.11. The van der Waals surface area contributed by atoms with E-state index in [1.54, 1.807) is 7.11 Å². The van der Waals surface area contributed by atoms with E-state index >= 15 is 0 Å². The molecule has 16 heavy (non-hydrogen) atoms. The van der Waals surface area contributed by atoms with E-state index in [0.717, 1.165) is 26.1 Å². The van der Waals surface area contributed by atoms with Crippen LogP contribution in [0.3, 0.4) is 0 Å². The van der Waals surface area contributed by atoms with Crippen LogP contribution in [0.25, 0.3) is 0 Å². The van der Waals surface area contributed by atoms with Gasteiger partial charge in [-0.1, -0.05) is 44.2 Å². The van der Waals surface area contributed by atoms with Crippen molar-refractivity contribution in [2.24, 2.45) is 5.41 Å². The van der Waals surface area contributed by atoms with E-state index in [1.807, 2.05) is 6.07 Å². The van der Waals surface area contributed by atoms with Crippen LogP contribution in [0.4, 0.5) is 0 Å². The Morgan fingerprint density at radius 3 is 2.50 bits per heavy atom. The predicted octanol–water partition coefficient (Wildman–Crippen LogP) is 2.84. The van der Waals surface area contributed by atoms with Gasteiger partial charge in [0.25, 0.3) is 0 Å². The molecule has 0 aromatic heterocycles. The third-order valence-corrected chi connectivity index (χ3v) is 2.76. The fourth-order valence-corrected chi connectivity index (χ4v) is 1.61. The SMILES string of the molecule is COCCC(C)(C)CNCc1ccccc1. The molecule has 0 spiro atoms. The molecule has 0 atom stereocenters.